The molecule has 2 N–H and O–H groups in total. The second-order valence-electron chi connectivity index (χ2n) is 5.39. The van der Waals surface area contributed by atoms with E-state index in [1.165, 1.54) is 24.1 Å². The van der Waals surface area contributed by atoms with Crippen LogP contribution in [0.1, 0.15) is 36.2 Å². The summed E-state index contributed by atoms with van der Waals surface area (Å²) in [5.74, 6) is 0. The molecule has 0 radical (unpaired) electrons. The first kappa shape index (κ1) is 10.8. The second kappa shape index (κ2) is 3.57. The highest BCUT2D eigenvalue weighted by molar-refractivity contribution is 5.50. The Bertz CT molecular complexity index is 564. The molecule has 0 amide bonds. The molecule has 0 aromatic carbocycles. The van der Waals surface area contributed by atoms with Crippen molar-refractivity contribution in [2.45, 2.75) is 45.1 Å². The molecule has 3 nitrogen and oxygen atoms in total. The molecule has 2 aromatic rings. The van der Waals surface area contributed by atoms with Crippen LogP contribution in [-0.4, -0.2) is 14.9 Å². The van der Waals surface area contributed by atoms with E-state index < -0.39 is 0 Å². The van der Waals surface area contributed by atoms with Crippen molar-refractivity contribution in [1.29, 1.82) is 0 Å². The second-order valence-corrected chi connectivity index (χ2v) is 5.39. The fourth-order valence-electron chi connectivity index (χ4n) is 2.45. The van der Waals surface area contributed by atoms with Gasteiger partial charge in [0.15, 0.2) is 0 Å². The van der Waals surface area contributed by atoms with Crippen LogP contribution in [-0.2, 0) is 6.42 Å². The van der Waals surface area contributed by atoms with E-state index in [1.807, 2.05) is 0 Å². The van der Waals surface area contributed by atoms with Gasteiger partial charge in [-0.25, -0.2) is 4.98 Å². The van der Waals surface area contributed by atoms with Crippen LogP contribution in [0, 0.1) is 13.8 Å². The van der Waals surface area contributed by atoms with Crippen LogP contribution in [0.25, 0.3) is 5.65 Å². The summed E-state index contributed by atoms with van der Waals surface area (Å²) in [4.78, 5) is 4.66. The molecule has 1 aliphatic rings. The number of hydrogen-bond donors (Lipinski definition) is 1. The predicted molar refractivity (Wildman–Crippen MR) is 69.1 cm³/mol. The summed E-state index contributed by atoms with van der Waals surface area (Å²) in [5.41, 5.74) is 11.1. The highest BCUT2D eigenvalue weighted by Gasteiger charge is 2.37. The normalized spacial score (nSPS) is 17.6. The summed E-state index contributed by atoms with van der Waals surface area (Å²) in [6, 6.07) is 4.19. The molecule has 0 unspecified atom stereocenters. The zero-order valence-corrected chi connectivity index (χ0v) is 10.5. The molecule has 1 saturated carbocycles. The average molecular weight is 229 g/mol. The third-order valence-corrected chi connectivity index (χ3v) is 3.90. The van der Waals surface area contributed by atoms with Gasteiger partial charge in [0.2, 0.25) is 0 Å². The Morgan fingerprint density at radius 2 is 2.18 bits per heavy atom. The van der Waals surface area contributed by atoms with Crippen molar-refractivity contribution in [1.82, 2.24) is 9.38 Å². The zero-order chi connectivity index (χ0) is 12.0. The quantitative estimate of drug-likeness (QED) is 0.878. The molecular formula is C14H19N3. The lowest BCUT2D eigenvalue weighted by Crippen LogP contribution is -2.22. The number of hydrogen-bond acceptors (Lipinski definition) is 2. The lowest BCUT2D eigenvalue weighted by atomic mass is 10.1. The average Bonchev–Trinajstić information content (AvgIpc) is 2.92. The Kier molecular flexibility index (Phi) is 2.26. The molecule has 0 aliphatic heterocycles. The van der Waals surface area contributed by atoms with E-state index in [1.54, 1.807) is 0 Å². The number of nitrogens with zero attached hydrogens (tertiary/aromatic N) is 2. The van der Waals surface area contributed by atoms with Crippen LogP contribution < -0.4 is 5.73 Å². The fourth-order valence-corrected chi connectivity index (χ4v) is 2.45. The predicted octanol–water partition coefficient (Wildman–Crippen LogP) is 2.38. The summed E-state index contributed by atoms with van der Waals surface area (Å²) in [7, 11) is 0. The van der Waals surface area contributed by atoms with Gasteiger partial charge in [0.25, 0.3) is 0 Å². The number of imidazole rings is 1. The highest BCUT2D eigenvalue weighted by atomic mass is 15.0. The van der Waals surface area contributed by atoms with E-state index in [2.05, 4.69) is 41.6 Å². The minimum absolute atomic E-state index is 0.125. The Balaban J connectivity index is 1.97. The Hall–Kier alpha value is -1.35. The smallest absolute Gasteiger partial charge is 0.140 e. The van der Waals surface area contributed by atoms with Crippen molar-refractivity contribution in [3.05, 3.63) is 35.3 Å². The first-order chi connectivity index (χ1) is 8.09. The minimum Gasteiger partial charge on any atom is -0.325 e. The molecule has 2 aromatic heterocycles. The first-order valence-corrected chi connectivity index (χ1v) is 6.31. The van der Waals surface area contributed by atoms with Crippen LogP contribution >= 0.6 is 0 Å². The van der Waals surface area contributed by atoms with Crippen LogP contribution in [0.3, 0.4) is 0 Å². The maximum atomic E-state index is 6.16. The van der Waals surface area contributed by atoms with Crippen molar-refractivity contribution < 1.29 is 0 Å². The number of pyridine rings is 1. The van der Waals surface area contributed by atoms with E-state index >= 15 is 0 Å². The topological polar surface area (TPSA) is 43.3 Å². The van der Waals surface area contributed by atoms with Crippen molar-refractivity contribution in [2.24, 2.45) is 5.73 Å². The molecule has 0 saturated heterocycles. The monoisotopic (exact) mass is 229 g/mol. The summed E-state index contributed by atoms with van der Waals surface area (Å²) in [5, 5.41) is 0. The molecule has 0 atom stereocenters. The van der Waals surface area contributed by atoms with Gasteiger partial charge in [-0.1, -0.05) is 6.07 Å². The molecule has 17 heavy (non-hydrogen) atoms. The van der Waals surface area contributed by atoms with Crippen LogP contribution in [0.4, 0.5) is 0 Å². The number of aromatic nitrogens is 2. The van der Waals surface area contributed by atoms with Gasteiger partial charge in [-0.2, -0.15) is 0 Å². The molecule has 3 heteroatoms. The third kappa shape index (κ3) is 1.84. The standard InChI is InChI=1S/C14H19N3/c1-10-4-3-9-17-12(11(2)16-13(10)17)5-6-14(15)7-8-14/h3-4,9H,5-8,15H2,1-2H3. The summed E-state index contributed by atoms with van der Waals surface area (Å²) >= 11 is 0. The molecule has 90 valence electrons. The van der Waals surface area contributed by atoms with Gasteiger partial charge >= 0.3 is 0 Å². The third-order valence-electron chi connectivity index (χ3n) is 3.90. The van der Waals surface area contributed by atoms with Crippen LogP contribution in [0.15, 0.2) is 18.3 Å². The van der Waals surface area contributed by atoms with E-state index in [0.717, 1.165) is 24.2 Å². The van der Waals surface area contributed by atoms with E-state index in [4.69, 9.17) is 5.73 Å². The van der Waals surface area contributed by atoms with Gasteiger partial charge < -0.3 is 10.1 Å². The summed E-state index contributed by atoms with van der Waals surface area (Å²) in [6.45, 7) is 4.20. The molecule has 3 rings (SSSR count). The maximum absolute atomic E-state index is 6.16. The van der Waals surface area contributed by atoms with E-state index in [-0.39, 0.29) is 5.54 Å². The molecule has 0 spiro atoms. The van der Waals surface area contributed by atoms with Gasteiger partial charge in [-0.15, -0.1) is 0 Å². The summed E-state index contributed by atoms with van der Waals surface area (Å²) in [6.07, 6.45) is 6.58. The van der Waals surface area contributed by atoms with Crippen molar-refractivity contribution in [3.63, 3.8) is 0 Å². The molecular weight excluding hydrogens is 210 g/mol. The largest absolute Gasteiger partial charge is 0.325 e. The molecule has 0 bridgehead atoms. The Labute approximate surface area is 102 Å². The Morgan fingerprint density at radius 3 is 2.88 bits per heavy atom. The number of nitrogens with two attached hydrogens (primary N) is 1. The fraction of sp³-hybridized carbons (Fsp3) is 0.500. The SMILES string of the molecule is Cc1nc2c(C)cccn2c1CCC1(N)CC1. The van der Waals surface area contributed by atoms with Gasteiger partial charge in [0, 0.05) is 17.4 Å². The lowest BCUT2D eigenvalue weighted by Gasteiger charge is -2.08. The molecule has 1 aliphatic carbocycles. The van der Waals surface area contributed by atoms with Crippen LogP contribution in [0.5, 0.6) is 0 Å². The maximum Gasteiger partial charge on any atom is 0.140 e. The van der Waals surface area contributed by atoms with Crippen LogP contribution in [0.2, 0.25) is 0 Å². The highest BCUT2D eigenvalue weighted by Crippen LogP contribution is 2.36. The number of fused-ring (bicyclic) bond motifs is 1. The first-order valence-electron chi connectivity index (χ1n) is 6.31. The van der Waals surface area contributed by atoms with Gasteiger partial charge in [-0.3, -0.25) is 0 Å². The van der Waals surface area contributed by atoms with Crippen molar-refractivity contribution in [2.75, 3.05) is 0 Å². The Morgan fingerprint density at radius 1 is 1.41 bits per heavy atom. The van der Waals surface area contributed by atoms with Crippen molar-refractivity contribution >= 4 is 5.65 Å². The minimum atomic E-state index is 0.125. The van der Waals surface area contributed by atoms with Gasteiger partial charge in [-0.05, 0) is 51.2 Å². The van der Waals surface area contributed by atoms with Gasteiger partial charge in [0.05, 0.1) is 5.69 Å². The molecule has 2 heterocycles. The number of rotatable bonds is 3. The van der Waals surface area contributed by atoms with Crippen molar-refractivity contribution in [3.8, 4) is 0 Å². The zero-order valence-electron chi connectivity index (χ0n) is 10.5. The number of aryl methyl sites for hydroxylation is 3. The van der Waals surface area contributed by atoms with E-state index in [0.29, 0.717) is 0 Å². The van der Waals surface area contributed by atoms with Gasteiger partial charge in [0.1, 0.15) is 5.65 Å². The lowest BCUT2D eigenvalue weighted by molar-refractivity contribution is 0.600. The van der Waals surface area contributed by atoms with E-state index in [9.17, 15) is 0 Å². The molecule has 1 fully saturated rings. The summed E-state index contributed by atoms with van der Waals surface area (Å²) < 4.78 is 2.22.